The van der Waals surface area contributed by atoms with Crippen molar-refractivity contribution in [2.45, 2.75) is 19.8 Å². The Labute approximate surface area is 150 Å². The molecule has 0 aliphatic heterocycles. The van der Waals surface area contributed by atoms with Gasteiger partial charge in [0.2, 0.25) is 0 Å². The van der Waals surface area contributed by atoms with Crippen molar-refractivity contribution in [2.75, 3.05) is 32.6 Å². The van der Waals surface area contributed by atoms with Gasteiger partial charge < -0.3 is 20.1 Å². The van der Waals surface area contributed by atoms with E-state index >= 15 is 0 Å². The molecular formula is C20H27N3O2. The fourth-order valence-electron chi connectivity index (χ4n) is 2.49. The van der Waals surface area contributed by atoms with Crippen molar-refractivity contribution in [2.24, 2.45) is 4.99 Å². The standard InChI is InChI=1S/C20H27N3O2/c1-5-25-19-13-17(11-12-18(19)24-4)23-20(21-3)22-14-15(2)16-9-7-6-8-10-16/h6-13,15H,5,14H2,1-4H3,(H2,21,22,23). The van der Waals surface area contributed by atoms with Gasteiger partial charge in [-0.25, -0.2) is 0 Å². The zero-order valence-electron chi connectivity index (χ0n) is 15.4. The number of benzene rings is 2. The lowest BCUT2D eigenvalue weighted by molar-refractivity contribution is 0.311. The van der Waals surface area contributed by atoms with E-state index < -0.39 is 0 Å². The summed E-state index contributed by atoms with van der Waals surface area (Å²) in [7, 11) is 3.39. The second kappa shape index (κ2) is 9.57. The van der Waals surface area contributed by atoms with Crippen LogP contribution in [0.25, 0.3) is 0 Å². The molecule has 0 heterocycles. The van der Waals surface area contributed by atoms with E-state index in [2.05, 4.69) is 46.8 Å². The third-order valence-corrected chi connectivity index (χ3v) is 3.89. The van der Waals surface area contributed by atoms with Crippen molar-refractivity contribution in [3.63, 3.8) is 0 Å². The van der Waals surface area contributed by atoms with Crippen molar-refractivity contribution < 1.29 is 9.47 Å². The van der Waals surface area contributed by atoms with Gasteiger partial charge in [-0.3, -0.25) is 4.99 Å². The third-order valence-electron chi connectivity index (χ3n) is 3.89. The number of methoxy groups -OCH3 is 1. The molecule has 1 unspecified atom stereocenters. The molecule has 0 amide bonds. The Balaban J connectivity index is 1.99. The Hall–Kier alpha value is -2.69. The zero-order valence-corrected chi connectivity index (χ0v) is 15.4. The normalized spacial score (nSPS) is 12.4. The van der Waals surface area contributed by atoms with Crippen LogP contribution in [-0.4, -0.2) is 33.3 Å². The first kappa shape index (κ1) is 18.6. The van der Waals surface area contributed by atoms with Crippen LogP contribution in [0.2, 0.25) is 0 Å². The number of ether oxygens (including phenoxy) is 2. The second-order valence-corrected chi connectivity index (χ2v) is 5.69. The predicted molar refractivity (Wildman–Crippen MR) is 104 cm³/mol. The molecule has 0 saturated heterocycles. The minimum absolute atomic E-state index is 0.384. The van der Waals surface area contributed by atoms with Crippen molar-refractivity contribution in [1.82, 2.24) is 5.32 Å². The molecule has 0 aromatic heterocycles. The van der Waals surface area contributed by atoms with E-state index in [9.17, 15) is 0 Å². The number of hydrogen-bond donors (Lipinski definition) is 2. The molecule has 0 aliphatic carbocycles. The Morgan fingerprint density at radius 1 is 1.12 bits per heavy atom. The average molecular weight is 341 g/mol. The lowest BCUT2D eigenvalue weighted by atomic mass is 10.0. The molecule has 2 N–H and O–H groups in total. The van der Waals surface area contributed by atoms with E-state index in [4.69, 9.17) is 9.47 Å². The average Bonchev–Trinajstić information content (AvgIpc) is 2.66. The molecule has 2 aromatic carbocycles. The summed E-state index contributed by atoms with van der Waals surface area (Å²) >= 11 is 0. The summed E-state index contributed by atoms with van der Waals surface area (Å²) in [6.07, 6.45) is 0. The quantitative estimate of drug-likeness (QED) is 0.593. The van der Waals surface area contributed by atoms with Gasteiger partial charge in [0, 0.05) is 25.3 Å². The third kappa shape index (κ3) is 5.41. The summed E-state index contributed by atoms with van der Waals surface area (Å²) in [5, 5.41) is 6.65. The van der Waals surface area contributed by atoms with Crippen LogP contribution < -0.4 is 20.1 Å². The molecule has 2 rings (SSSR count). The summed E-state index contributed by atoms with van der Waals surface area (Å²) in [6, 6.07) is 16.2. The lowest BCUT2D eigenvalue weighted by Crippen LogP contribution is -2.33. The van der Waals surface area contributed by atoms with E-state index in [1.54, 1.807) is 14.2 Å². The summed E-state index contributed by atoms with van der Waals surface area (Å²) < 4.78 is 10.9. The fourth-order valence-corrected chi connectivity index (χ4v) is 2.49. The maximum Gasteiger partial charge on any atom is 0.195 e. The molecule has 0 saturated carbocycles. The Kier molecular flexibility index (Phi) is 7.14. The number of nitrogens with zero attached hydrogens (tertiary/aromatic N) is 1. The number of hydrogen-bond acceptors (Lipinski definition) is 3. The zero-order chi connectivity index (χ0) is 18.1. The first-order chi connectivity index (χ1) is 12.2. The number of guanidine groups is 1. The van der Waals surface area contributed by atoms with Crippen LogP contribution in [0.5, 0.6) is 11.5 Å². The van der Waals surface area contributed by atoms with Gasteiger partial charge in [0.15, 0.2) is 17.5 Å². The SMILES string of the molecule is CCOc1cc(NC(=NC)NCC(C)c2ccccc2)ccc1OC. The maximum absolute atomic E-state index is 5.61. The van der Waals surface area contributed by atoms with Gasteiger partial charge in [0.05, 0.1) is 13.7 Å². The molecule has 5 heteroatoms. The molecule has 134 valence electrons. The Morgan fingerprint density at radius 2 is 1.88 bits per heavy atom. The highest BCUT2D eigenvalue weighted by atomic mass is 16.5. The van der Waals surface area contributed by atoms with Crippen molar-refractivity contribution in [1.29, 1.82) is 0 Å². The van der Waals surface area contributed by atoms with Crippen LogP contribution in [-0.2, 0) is 0 Å². The smallest absolute Gasteiger partial charge is 0.195 e. The van der Waals surface area contributed by atoms with Gasteiger partial charge in [-0.2, -0.15) is 0 Å². The van der Waals surface area contributed by atoms with E-state index in [1.807, 2.05) is 31.2 Å². The minimum Gasteiger partial charge on any atom is -0.493 e. The van der Waals surface area contributed by atoms with E-state index in [0.717, 1.165) is 18.2 Å². The Bertz CT molecular complexity index is 687. The molecule has 2 aromatic rings. The first-order valence-electron chi connectivity index (χ1n) is 8.51. The van der Waals surface area contributed by atoms with Gasteiger partial charge in [0.1, 0.15) is 0 Å². The monoisotopic (exact) mass is 341 g/mol. The lowest BCUT2D eigenvalue weighted by Gasteiger charge is -2.17. The van der Waals surface area contributed by atoms with Gasteiger partial charge in [-0.05, 0) is 30.5 Å². The summed E-state index contributed by atoms with van der Waals surface area (Å²) in [6.45, 7) is 5.51. The highest BCUT2D eigenvalue weighted by Crippen LogP contribution is 2.30. The molecule has 1 atom stereocenters. The highest BCUT2D eigenvalue weighted by Gasteiger charge is 2.09. The topological polar surface area (TPSA) is 54.9 Å². The van der Waals surface area contributed by atoms with Crippen LogP contribution in [0.15, 0.2) is 53.5 Å². The van der Waals surface area contributed by atoms with Crippen LogP contribution in [0.3, 0.4) is 0 Å². The molecule has 0 bridgehead atoms. The van der Waals surface area contributed by atoms with Crippen molar-refractivity contribution in [3.05, 3.63) is 54.1 Å². The summed E-state index contributed by atoms with van der Waals surface area (Å²) in [4.78, 5) is 4.29. The Morgan fingerprint density at radius 3 is 2.52 bits per heavy atom. The predicted octanol–water partition coefficient (Wildman–Crippen LogP) is 3.88. The molecule has 0 fully saturated rings. The van der Waals surface area contributed by atoms with E-state index in [-0.39, 0.29) is 0 Å². The number of aliphatic imine (C=N–C) groups is 1. The van der Waals surface area contributed by atoms with Crippen LogP contribution in [0, 0.1) is 0 Å². The van der Waals surface area contributed by atoms with Crippen molar-refractivity contribution >= 4 is 11.6 Å². The molecule has 25 heavy (non-hydrogen) atoms. The van der Waals surface area contributed by atoms with E-state index in [0.29, 0.717) is 24.0 Å². The molecule has 0 radical (unpaired) electrons. The number of rotatable bonds is 7. The maximum atomic E-state index is 5.61. The van der Waals surface area contributed by atoms with E-state index in [1.165, 1.54) is 5.56 Å². The van der Waals surface area contributed by atoms with Crippen LogP contribution in [0.4, 0.5) is 5.69 Å². The minimum atomic E-state index is 0.384. The number of nitrogens with one attached hydrogen (secondary N) is 2. The fraction of sp³-hybridized carbons (Fsp3) is 0.350. The van der Waals surface area contributed by atoms with Crippen LogP contribution in [0.1, 0.15) is 25.3 Å². The van der Waals surface area contributed by atoms with Gasteiger partial charge in [0.25, 0.3) is 0 Å². The molecule has 5 nitrogen and oxygen atoms in total. The highest BCUT2D eigenvalue weighted by molar-refractivity contribution is 5.93. The molecule has 0 spiro atoms. The van der Waals surface area contributed by atoms with Gasteiger partial charge in [-0.1, -0.05) is 37.3 Å². The summed E-state index contributed by atoms with van der Waals surface area (Å²) in [5.74, 6) is 2.53. The molecule has 0 aliphatic rings. The molecular weight excluding hydrogens is 314 g/mol. The van der Waals surface area contributed by atoms with Crippen molar-refractivity contribution in [3.8, 4) is 11.5 Å². The largest absolute Gasteiger partial charge is 0.493 e. The van der Waals surface area contributed by atoms with Crippen LogP contribution >= 0.6 is 0 Å². The summed E-state index contributed by atoms with van der Waals surface area (Å²) in [5.41, 5.74) is 2.19. The number of anilines is 1. The first-order valence-corrected chi connectivity index (χ1v) is 8.51. The second-order valence-electron chi connectivity index (χ2n) is 5.69. The van der Waals surface area contributed by atoms with Gasteiger partial charge >= 0.3 is 0 Å². The van der Waals surface area contributed by atoms with Gasteiger partial charge in [-0.15, -0.1) is 0 Å².